The van der Waals surface area contributed by atoms with Gasteiger partial charge in [-0.25, -0.2) is 4.79 Å². The van der Waals surface area contributed by atoms with Gasteiger partial charge in [0.25, 0.3) is 0 Å². The van der Waals surface area contributed by atoms with Crippen molar-refractivity contribution in [1.82, 2.24) is 5.32 Å². The number of hydrogen-bond acceptors (Lipinski definition) is 4. The fraction of sp³-hybridized carbons (Fsp3) is 0.417. The average molecular weight is 262 g/mol. The lowest BCUT2D eigenvalue weighted by Gasteiger charge is -2.29. The van der Waals surface area contributed by atoms with Crippen LogP contribution in [0.5, 0.6) is 5.75 Å². The van der Waals surface area contributed by atoms with Crippen LogP contribution in [0.15, 0.2) is 29.4 Å². The number of ether oxygens (including phenoxy) is 2. The van der Waals surface area contributed by atoms with E-state index >= 15 is 0 Å². The van der Waals surface area contributed by atoms with Crippen LogP contribution in [0.4, 0.5) is 4.79 Å². The minimum Gasteiger partial charge on any atom is -0.497 e. The highest BCUT2D eigenvalue weighted by Crippen LogP contribution is 2.25. The predicted molar refractivity (Wildman–Crippen MR) is 67.8 cm³/mol. The number of carbonyl (C=O) groups is 1. The smallest absolute Gasteiger partial charge is 0.407 e. The van der Waals surface area contributed by atoms with Gasteiger partial charge < -0.3 is 14.8 Å². The molecule has 0 aliphatic carbocycles. The first-order valence-corrected chi connectivity index (χ1v) is 5.85. The second kappa shape index (κ2) is 5.97. The Morgan fingerprint density at radius 3 is 2.89 bits per heavy atom. The van der Waals surface area contributed by atoms with Gasteiger partial charge in [0.05, 0.1) is 19.7 Å². The first-order chi connectivity index (χ1) is 9.22. The molecule has 1 amide bonds. The SMILES string of the molecule is COc1ccc([C@H]2C[C@@H](CN=[N+]=[N-])OC(=O)N2)cc1. The van der Waals surface area contributed by atoms with Crippen molar-refractivity contribution < 1.29 is 14.3 Å². The third-order valence-corrected chi connectivity index (χ3v) is 2.93. The van der Waals surface area contributed by atoms with E-state index in [9.17, 15) is 4.79 Å². The van der Waals surface area contributed by atoms with Gasteiger partial charge in [0, 0.05) is 11.3 Å². The molecule has 1 saturated heterocycles. The van der Waals surface area contributed by atoms with E-state index in [4.69, 9.17) is 15.0 Å². The van der Waals surface area contributed by atoms with Crippen molar-refractivity contribution in [1.29, 1.82) is 0 Å². The van der Waals surface area contributed by atoms with Gasteiger partial charge in [-0.3, -0.25) is 0 Å². The van der Waals surface area contributed by atoms with Crippen molar-refractivity contribution in [3.05, 3.63) is 40.3 Å². The average Bonchev–Trinajstić information content (AvgIpc) is 2.44. The van der Waals surface area contributed by atoms with Crippen LogP contribution in [0.1, 0.15) is 18.0 Å². The highest BCUT2D eigenvalue weighted by atomic mass is 16.6. The molecule has 1 aliphatic heterocycles. The zero-order valence-electron chi connectivity index (χ0n) is 10.4. The molecule has 19 heavy (non-hydrogen) atoms. The molecule has 0 bridgehead atoms. The number of carbonyl (C=O) groups excluding carboxylic acids is 1. The molecule has 1 aliphatic rings. The van der Waals surface area contributed by atoms with Crippen LogP contribution in [-0.2, 0) is 4.74 Å². The van der Waals surface area contributed by atoms with Gasteiger partial charge in [-0.1, -0.05) is 17.2 Å². The molecule has 1 heterocycles. The van der Waals surface area contributed by atoms with E-state index in [1.165, 1.54) is 0 Å². The number of hydrogen-bond donors (Lipinski definition) is 1. The molecule has 0 unspecified atom stereocenters. The van der Waals surface area contributed by atoms with Crippen molar-refractivity contribution in [3.8, 4) is 5.75 Å². The van der Waals surface area contributed by atoms with Gasteiger partial charge in [0.2, 0.25) is 0 Å². The van der Waals surface area contributed by atoms with Gasteiger partial charge in [-0.05, 0) is 23.2 Å². The summed E-state index contributed by atoms with van der Waals surface area (Å²) < 4.78 is 10.1. The largest absolute Gasteiger partial charge is 0.497 e. The number of cyclic esters (lactones) is 1. The molecule has 7 nitrogen and oxygen atoms in total. The molecular weight excluding hydrogens is 248 g/mol. The number of benzene rings is 1. The summed E-state index contributed by atoms with van der Waals surface area (Å²) in [6, 6.07) is 7.30. The summed E-state index contributed by atoms with van der Waals surface area (Å²) in [6.45, 7) is 0.149. The Bertz CT molecular complexity index is 494. The predicted octanol–water partition coefficient (Wildman–Crippen LogP) is 2.55. The van der Waals surface area contributed by atoms with E-state index in [2.05, 4.69) is 15.3 Å². The van der Waals surface area contributed by atoms with E-state index in [0.717, 1.165) is 11.3 Å². The van der Waals surface area contributed by atoms with Gasteiger partial charge in [-0.15, -0.1) is 0 Å². The molecular formula is C12H14N4O3. The fourth-order valence-electron chi connectivity index (χ4n) is 1.99. The molecule has 2 rings (SSSR count). The molecule has 100 valence electrons. The normalized spacial score (nSPS) is 21.8. The molecule has 0 radical (unpaired) electrons. The summed E-state index contributed by atoms with van der Waals surface area (Å²) in [5, 5.41) is 6.18. The van der Waals surface area contributed by atoms with Crippen molar-refractivity contribution in [3.63, 3.8) is 0 Å². The molecule has 1 N–H and O–H groups in total. The second-order valence-electron chi connectivity index (χ2n) is 4.15. The number of nitrogens with one attached hydrogen (secondary N) is 1. The maximum absolute atomic E-state index is 11.5. The number of nitrogens with zero attached hydrogens (tertiary/aromatic N) is 3. The molecule has 7 heteroatoms. The molecule has 0 spiro atoms. The quantitative estimate of drug-likeness (QED) is 0.513. The third kappa shape index (κ3) is 3.29. The van der Waals surface area contributed by atoms with Gasteiger partial charge in [0.1, 0.15) is 11.9 Å². The Kier molecular flexibility index (Phi) is 4.10. The molecule has 2 atom stereocenters. The summed E-state index contributed by atoms with van der Waals surface area (Å²) in [5.74, 6) is 0.757. The Labute approximate surface area is 110 Å². The number of azide groups is 1. The monoisotopic (exact) mass is 262 g/mol. The van der Waals surface area contributed by atoms with Crippen LogP contribution < -0.4 is 10.1 Å². The first-order valence-electron chi connectivity index (χ1n) is 5.85. The van der Waals surface area contributed by atoms with Crippen LogP contribution in [0.25, 0.3) is 10.4 Å². The number of rotatable bonds is 4. The Balaban J connectivity index is 2.09. The van der Waals surface area contributed by atoms with Crippen LogP contribution >= 0.6 is 0 Å². The van der Waals surface area contributed by atoms with Gasteiger partial charge in [0.15, 0.2) is 0 Å². The van der Waals surface area contributed by atoms with Gasteiger partial charge in [-0.2, -0.15) is 0 Å². The first kappa shape index (κ1) is 13.0. The second-order valence-corrected chi connectivity index (χ2v) is 4.15. The van der Waals surface area contributed by atoms with E-state index in [-0.39, 0.29) is 12.6 Å². The number of methoxy groups -OCH3 is 1. The molecule has 1 aromatic carbocycles. The zero-order valence-corrected chi connectivity index (χ0v) is 10.4. The van der Waals surface area contributed by atoms with Gasteiger partial charge >= 0.3 is 6.09 Å². The molecule has 1 aromatic rings. The van der Waals surface area contributed by atoms with E-state index in [1.54, 1.807) is 7.11 Å². The Morgan fingerprint density at radius 1 is 1.53 bits per heavy atom. The summed E-state index contributed by atoms with van der Waals surface area (Å²) in [5.41, 5.74) is 9.25. The minimum absolute atomic E-state index is 0.147. The maximum Gasteiger partial charge on any atom is 0.407 e. The molecule has 0 aromatic heterocycles. The molecule has 1 fully saturated rings. The highest BCUT2D eigenvalue weighted by Gasteiger charge is 2.28. The Morgan fingerprint density at radius 2 is 2.26 bits per heavy atom. The summed E-state index contributed by atoms with van der Waals surface area (Å²) in [4.78, 5) is 14.1. The number of amides is 1. The van der Waals surface area contributed by atoms with E-state index < -0.39 is 12.2 Å². The summed E-state index contributed by atoms with van der Waals surface area (Å²) >= 11 is 0. The topological polar surface area (TPSA) is 96.3 Å². The van der Waals surface area contributed by atoms with Crippen molar-refractivity contribution >= 4 is 6.09 Å². The molecule has 0 saturated carbocycles. The van der Waals surface area contributed by atoms with E-state index in [0.29, 0.717) is 6.42 Å². The summed E-state index contributed by atoms with van der Waals surface area (Å²) in [6.07, 6.45) is -0.321. The van der Waals surface area contributed by atoms with Crippen LogP contribution in [0.2, 0.25) is 0 Å². The lowest BCUT2D eigenvalue weighted by Crippen LogP contribution is -2.41. The Hall–Kier alpha value is -2.40. The van der Waals surface area contributed by atoms with Crippen molar-refractivity contribution in [2.45, 2.75) is 18.6 Å². The third-order valence-electron chi connectivity index (χ3n) is 2.93. The number of alkyl carbamates (subject to hydrolysis) is 1. The van der Waals surface area contributed by atoms with Crippen LogP contribution in [-0.4, -0.2) is 25.9 Å². The van der Waals surface area contributed by atoms with E-state index in [1.807, 2.05) is 24.3 Å². The summed E-state index contributed by atoms with van der Waals surface area (Å²) in [7, 11) is 1.60. The van der Waals surface area contributed by atoms with Crippen molar-refractivity contribution in [2.24, 2.45) is 5.11 Å². The maximum atomic E-state index is 11.5. The minimum atomic E-state index is -0.495. The lowest BCUT2D eigenvalue weighted by molar-refractivity contribution is 0.0632. The van der Waals surface area contributed by atoms with Crippen LogP contribution in [0, 0.1) is 0 Å². The zero-order chi connectivity index (χ0) is 13.7. The van der Waals surface area contributed by atoms with Crippen molar-refractivity contribution in [2.75, 3.05) is 13.7 Å². The lowest BCUT2D eigenvalue weighted by atomic mass is 9.99. The highest BCUT2D eigenvalue weighted by molar-refractivity contribution is 5.69. The standard InChI is InChI=1S/C12H14N4O3/c1-18-9-4-2-8(3-5-9)11-6-10(7-14-16-13)19-12(17)15-11/h2-5,10-11H,6-7H2,1H3,(H,15,17)/t10-,11+/m0/s1. The van der Waals surface area contributed by atoms with Crippen LogP contribution in [0.3, 0.4) is 0 Å². The fourth-order valence-corrected chi connectivity index (χ4v) is 1.99.